The Labute approximate surface area is 202 Å². The number of aromatic nitrogens is 1. The van der Waals surface area contributed by atoms with E-state index in [2.05, 4.69) is 10.6 Å². The summed E-state index contributed by atoms with van der Waals surface area (Å²) in [6, 6.07) is 18.8. The van der Waals surface area contributed by atoms with Crippen LogP contribution in [0.25, 0.3) is 17.0 Å². The number of nitrogens with zero attached hydrogens (tertiary/aromatic N) is 2. The Morgan fingerprint density at radius 2 is 1.71 bits per heavy atom. The average molecular weight is 493 g/mol. The first-order valence-corrected chi connectivity index (χ1v) is 12.1. The molecule has 4 rings (SSSR count). The number of hydrogen-bond donors (Lipinski definition) is 2. The fourth-order valence-electron chi connectivity index (χ4n) is 3.43. The smallest absolute Gasteiger partial charge is 0.307 e. The molecule has 0 saturated carbocycles. The topological polar surface area (TPSA) is 114 Å². The van der Waals surface area contributed by atoms with Crippen molar-refractivity contribution in [1.82, 2.24) is 18.9 Å². The summed E-state index contributed by atoms with van der Waals surface area (Å²) < 4.78 is 33.3. The molecule has 35 heavy (non-hydrogen) atoms. The van der Waals surface area contributed by atoms with Crippen LogP contribution in [0.3, 0.4) is 0 Å². The van der Waals surface area contributed by atoms with Gasteiger partial charge in [-0.25, -0.2) is 3.97 Å². The third-order valence-electron chi connectivity index (χ3n) is 5.25. The number of furan rings is 1. The second-order valence-electron chi connectivity index (χ2n) is 7.83. The summed E-state index contributed by atoms with van der Waals surface area (Å²) in [4.78, 5) is 25.9. The van der Waals surface area contributed by atoms with Crippen LogP contribution >= 0.6 is 0 Å². The molecule has 0 bridgehead atoms. The molecule has 180 valence electrons. The third kappa shape index (κ3) is 5.18. The molecule has 10 heteroatoms. The van der Waals surface area contributed by atoms with Crippen LogP contribution in [0.15, 0.2) is 89.3 Å². The van der Waals surface area contributed by atoms with E-state index < -0.39 is 22.0 Å². The molecule has 2 heterocycles. The molecule has 0 saturated heterocycles. The van der Waals surface area contributed by atoms with Gasteiger partial charge < -0.3 is 15.1 Å². The maximum Gasteiger partial charge on any atom is 0.307 e. The van der Waals surface area contributed by atoms with Gasteiger partial charge in [-0.2, -0.15) is 12.7 Å². The fraction of sp³-hybridized carbons (Fsp3) is 0.120. The lowest BCUT2D eigenvalue weighted by Gasteiger charge is -2.13. The summed E-state index contributed by atoms with van der Waals surface area (Å²) in [5.41, 5.74) is 1.21. The van der Waals surface area contributed by atoms with Crippen molar-refractivity contribution in [3.8, 4) is 0 Å². The minimum atomic E-state index is -3.82. The molecular formula is C25H24N4O5S. The van der Waals surface area contributed by atoms with E-state index in [1.807, 2.05) is 0 Å². The van der Waals surface area contributed by atoms with Gasteiger partial charge in [0, 0.05) is 36.8 Å². The second kappa shape index (κ2) is 10.00. The molecule has 9 nitrogen and oxygen atoms in total. The van der Waals surface area contributed by atoms with Crippen LogP contribution in [-0.2, 0) is 21.5 Å². The van der Waals surface area contributed by atoms with Crippen molar-refractivity contribution in [2.45, 2.75) is 6.54 Å². The number of para-hydroxylation sites is 1. The highest BCUT2D eigenvalue weighted by atomic mass is 32.2. The molecule has 2 amide bonds. The predicted molar refractivity (Wildman–Crippen MR) is 132 cm³/mol. The Morgan fingerprint density at radius 3 is 2.40 bits per heavy atom. The van der Waals surface area contributed by atoms with E-state index >= 15 is 0 Å². The van der Waals surface area contributed by atoms with E-state index in [1.165, 1.54) is 32.6 Å². The minimum absolute atomic E-state index is 0.0458. The molecule has 0 aliphatic rings. The number of carbonyl (C=O) groups excluding carboxylic acids is 2. The Bertz CT molecular complexity index is 1490. The van der Waals surface area contributed by atoms with Gasteiger partial charge in [0.25, 0.3) is 11.8 Å². The Hall–Kier alpha value is -4.15. The van der Waals surface area contributed by atoms with Crippen molar-refractivity contribution in [2.24, 2.45) is 0 Å². The zero-order valence-corrected chi connectivity index (χ0v) is 20.0. The first kappa shape index (κ1) is 24.0. The Morgan fingerprint density at radius 1 is 1.00 bits per heavy atom. The van der Waals surface area contributed by atoms with Crippen LogP contribution in [0.5, 0.6) is 0 Å². The SMILES string of the molecule is CN(C)S(=O)(=O)n1cc(/C=C(\NC(=O)c2ccccc2)C(=O)NCc2ccco2)c2ccccc21. The lowest BCUT2D eigenvalue weighted by Crippen LogP contribution is -2.34. The van der Waals surface area contributed by atoms with Gasteiger partial charge in [-0.15, -0.1) is 0 Å². The summed E-state index contributed by atoms with van der Waals surface area (Å²) in [5.74, 6) is -0.492. The van der Waals surface area contributed by atoms with Crippen LogP contribution in [0.2, 0.25) is 0 Å². The first-order valence-electron chi connectivity index (χ1n) is 10.7. The first-order chi connectivity index (χ1) is 16.8. The number of amides is 2. The van der Waals surface area contributed by atoms with Gasteiger partial charge in [-0.1, -0.05) is 36.4 Å². The summed E-state index contributed by atoms with van der Waals surface area (Å²) in [5, 5.41) is 5.97. The zero-order valence-electron chi connectivity index (χ0n) is 19.1. The number of hydrogen-bond acceptors (Lipinski definition) is 5. The van der Waals surface area contributed by atoms with Crippen molar-refractivity contribution in [2.75, 3.05) is 14.1 Å². The minimum Gasteiger partial charge on any atom is -0.467 e. The third-order valence-corrected chi connectivity index (χ3v) is 6.97. The van der Waals surface area contributed by atoms with E-state index in [0.29, 0.717) is 27.8 Å². The lowest BCUT2D eigenvalue weighted by atomic mass is 10.1. The van der Waals surface area contributed by atoms with Crippen LogP contribution in [0.4, 0.5) is 0 Å². The number of nitrogens with one attached hydrogen (secondary N) is 2. The van der Waals surface area contributed by atoms with Crippen LogP contribution in [-0.4, -0.2) is 42.6 Å². The lowest BCUT2D eigenvalue weighted by molar-refractivity contribution is -0.118. The largest absolute Gasteiger partial charge is 0.467 e. The van der Waals surface area contributed by atoms with E-state index in [4.69, 9.17) is 4.42 Å². The molecule has 2 N–H and O–H groups in total. The highest BCUT2D eigenvalue weighted by molar-refractivity contribution is 7.87. The van der Waals surface area contributed by atoms with Crippen molar-refractivity contribution < 1.29 is 22.4 Å². The average Bonchev–Trinajstić information content (AvgIpc) is 3.51. The normalized spacial score (nSPS) is 12.1. The molecule has 4 aromatic rings. The maximum atomic E-state index is 13.1. The summed E-state index contributed by atoms with van der Waals surface area (Å²) in [6.07, 6.45) is 4.38. The molecule has 0 unspecified atom stereocenters. The van der Waals surface area contributed by atoms with Crippen LogP contribution in [0.1, 0.15) is 21.7 Å². The summed E-state index contributed by atoms with van der Waals surface area (Å²) in [7, 11) is -0.949. The Balaban J connectivity index is 1.76. The number of carbonyl (C=O) groups is 2. The van der Waals surface area contributed by atoms with Gasteiger partial charge in [-0.3, -0.25) is 9.59 Å². The Kier molecular flexibility index (Phi) is 6.85. The van der Waals surface area contributed by atoms with Crippen molar-refractivity contribution in [3.05, 3.63) is 102 Å². The van der Waals surface area contributed by atoms with E-state index in [9.17, 15) is 18.0 Å². The monoisotopic (exact) mass is 492 g/mol. The van der Waals surface area contributed by atoms with Gasteiger partial charge >= 0.3 is 10.2 Å². The quantitative estimate of drug-likeness (QED) is 0.367. The molecule has 0 atom stereocenters. The van der Waals surface area contributed by atoms with Crippen molar-refractivity contribution >= 4 is 39.0 Å². The highest BCUT2D eigenvalue weighted by Gasteiger charge is 2.22. The number of benzene rings is 2. The molecule has 0 aliphatic carbocycles. The maximum absolute atomic E-state index is 13.1. The van der Waals surface area contributed by atoms with Gasteiger partial charge in [0.1, 0.15) is 11.5 Å². The molecule has 0 fully saturated rings. The van der Waals surface area contributed by atoms with E-state index in [0.717, 1.165) is 8.28 Å². The van der Waals surface area contributed by atoms with Gasteiger partial charge in [-0.05, 0) is 36.4 Å². The van der Waals surface area contributed by atoms with Gasteiger partial charge in [0.05, 0.1) is 18.3 Å². The van der Waals surface area contributed by atoms with Gasteiger partial charge in [0.2, 0.25) is 0 Å². The summed E-state index contributed by atoms with van der Waals surface area (Å²) in [6.45, 7) is 0.112. The molecule has 0 aliphatic heterocycles. The van der Waals surface area contributed by atoms with Gasteiger partial charge in [0.15, 0.2) is 0 Å². The number of rotatable bonds is 8. The molecular weight excluding hydrogens is 468 g/mol. The summed E-state index contributed by atoms with van der Waals surface area (Å²) >= 11 is 0. The molecule has 0 spiro atoms. The molecule has 2 aromatic carbocycles. The highest BCUT2D eigenvalue weighted by Crippen LogP contribution is 2.25. The van der Waals surface area contributed by atoms with Crippen molar-refractivity contribution in [1.29, 1.82) is 0 Å². The standard InChI is InChI=1S/C25H24N4O5S/c1-28(2)35(32,33)29-17-19(21-12-6-7-13-23(21)29)15-22(25(31)26-16-20-11-8-14-34-20)27-24(30)18-9-4-3-5-10-18/h3-15,17H,16H2,1-2H3,(H,26,31)(H,27,30)/b22-15-. The van der Waals surface area contributed by atoms with Crippen LogP contribution in [0, 0.1) is 0 Å². The van der Waals surface area contributed by atoms with E-state index in [-0.39, 0.29) is 12.2 Å². The molecule has 2 aromatic heterocycles. The predicted octanol–water partition coefficient (Wildman–Crippen LogP) is 2.98. The number of fused-ring (bicyclic) bond motifs is 1. The zero-order chi connectivity index (χ0) is 25.0. The molecule has 0 radical (unpaired) electrons. The van der Waals surface area contributed by atoms with Crippen LogP contribution < -0.4 is 10.6 Å². The fourth-order valence-corrected chi connectivity index (χ4v) is 4.44. The van der Waals surface area contributed by atoms with E-state index in [1.54, 1.807) is 66.7 Å². The second-order valence-corrected chi connectivity index (χ2v) is 9.85. The van der Waals surface area contributed by atoms with Crippen molar-refractivity contribution in [3.63, 3.8) is 0 Å².